The number of hydrogen-bond donors (Lipinski definition) is 2. The molecule has 1 heterocycles. The predicted molar refractivity (Wildman–Crippen MR) is 81.4 cm³/mol. The zero-order chi connectivity index (χ0) is 14.5. The first-order valence-electron chi connectivity index (χ1n) is 6.41. The van der Waals surface area contributed by atoms with E-state index in [4.69, 9.17) is 10.2 Å². The van der Waals surface area contributed by atoms with Gasteiger partial charge in [-0.05, 0) is 37.1 Å². The zero-order valence-electron chi connectivity index (χ0n) is 11.2. The highest BCUT2D eigenvalue weighted by Gasteiger charge is 2.13. The van der Waals surface area contributed by atoms with E-state index in [9.17, 15) is 4.79 Å². The summed E-state index contributed by atoms with van der Waals surface area (Å²) in [7, 11) is 0. The molecule has 0 radical (unpaired) electrons. The van der Waals surface area contributed by atoms with E-state index >= 15 is 0 Å². The average Bonchev–Trinajstić information content (AvgIpc) is 2.87. The van der Waals surface area contributed by atoms with Gasteiger partial charge in [0, 0.05) is 10.5 Å². The number of benzene rings is 1. The van der Waals surface area contributed by atoms with Crippen molar-refractivity contribution in [1.29, 1.82) is 0 Å². The summed E-state index contributed by atoms with van der Waals surface area (Å²) in [4.78, 5) is 12.0. The van der Waals surface area contributed by atoms with Crippen LogP contribution in [0.25, 0.3) is 0 Å². The van der Waals surface area contributed by atoms with Crippen LogP contribution in [0.15, 0.2) is 45.5 Å². The van der Waals surface area contributed by atoms with Crippen LogP contribution >= 0.6 is 15.9 Å². The summed E-state index contributed by atoms with van der Waals surface area (Å²) in [5.74, 6) is 0.464. The third-order valence-corrected chi connectivity index (χ3v) is 3.42. The van der Waals surface area contributed by atoms with Gasteiger partial charge in [0.25, 0.3) is 5.91 Å². The largest absolute Gasteiger partial charge is 0.467 e. The molecule has 2 aromatic rings. The molecule has 1 aromatic carbocycles. The number of hydrogen-bond acceptors (Lipinski definition) is 3. The maximum Gasteiger partial charge on any atom is 0.254 e. The average molecular weight is 337 g/mol. The van der Waals surface area contributed by atoms with Crippen LogP contribution in [0.1, 0.15) is 28.6 Å². The van der Waals surface area contributed by atoms with Gasteiger partial charge in [-0.15, -0.1) is 0 Å². The van der Waals surface area contributed by atoms with Gasteiger partial charge in [0.15, 0.2) is 0 Å². The smallest absolute Gasteiger partial charge is 0.254 e. The van der Waals surface area contributed by atoms with Crippen LogP contribution in [0.4, 0.5) is 0 Å². The zero-order valence-corrected chi connectivity index (χ0v) is 12.8. The second-order valence-corrected chi connectivity index (χ2v) is 5.63. The van der Waals surface area contributed by atoms with E-state index in [0.717, 1.165) is 10.9 Å². The molecule has 0 saturated heterocycles. The van der Waals surface area contributed by atoms with E-state index in [0.29, 0.717) is 17.9 Å². The first kappa shape index (κ1) is 14.8. The van der Waals surface area contributed by atoms with Crippen molar-refractivity contribution in [3.8, 4) is 0 Å². The highest BCUT2D eigenvalue weighted by molar-refractivity contribution is 9.10. The van der Waals surface area contributed by atoms with Gasteiger partial charge >= 0.3 is 0 Å². The molecule has 4 nitrogen and oxygen atoms in total. The molecular weight excluding hydrogens is 320 g/mol. The van der Waals surface area contributed by atoms with Gasteiger partial charge in [0.1, 0.15) is 12.0 Å². The molecule has 0 aliphatic carbocycles. The Labute approximate surface area is 126 Å². The Morgan fingerprint density at radius 1 is 1.45 bits per heavy atom. The number of halogens is 1. The second kappa shape index (κ2) is 6.72. The number of carbonyl (C=O) groups excluding carboxylic acids is 1. The van der Waals surface area contributed by atoms with Crippen molar-refractivity contribution in [3.63, 3.8) is 0 Å². The summed E-state index contributed by atoms with van der Waals surface area (Å²) in [6, 6.07) is 9.75. The molecule has 0 bridgehead atoms. The number of carbonyl (C=O) groups is 1. The standard InChI is InChI=1S/C15H17BrN2O2/c1-10(5-11-3-2-4-13(16)6-11)18-15(19)12-7-14(8-17)20-9-12/h2-4,6-7,9-10H,5,8,17H2,1H3,(H,18,19). The number of amides is 1. The van der Waals surface area contributed by atoms with E-state index in [-0.39, 0.29) is 11.9 Å². The maximum absolute atomic E-state index is 12.0. The van der Waals surface area contributed by atoms with Crippen LogP contribution in [0.3, 0.4) is 0 Å². The highest BCUT2D eigenvalue weighted by atomic mass is 79.9. The molecule has 20 heavy (non-hydrogen) atoms. The topological polar surface area (TPSA) is 68.3 Å². The van der Waals surface area contributed by atoms with E-state index < -0.39 is 0 Å². The Hall–Kier alpha value is -1.59. The molecule has 0 aliphatic rings. The van der Waals surface area contributed by atoms with Crippen LogP contribution in [0.5, 0.6) is 0 Å². The van der Waals surface area contributed by atoms with Crippen molar-refractivity contribution in [2.24, 2.45) is 5.73 Å². The molecule has 106 valence electrons. The molecule has 2 rings (SSSR count). The fraction of sp³-hybridized carbons (Fsp3) is 0.267. The molecule has 0 fully saturated rings. The van der Waals surface area contributed by atoms with E-state index in [1.54, 1.807) is 6.07 Å². The van der Waals surface area contributed by atoms with E-state index in [2.05, 4.69) is 21.2 Å². The van der Waals surface area contributed by atoms with Crippen molar-refractivity contribution < 1.29 is 9.21 Å². The van der Waals surface area contributed by atoms with Crippen molar-refractivity contribution in [2.75, 3.05) is 0 Å². The minimum Gasteiger partial charge on any atom is -0.467 e. The predicted octanol–water partition coefficient (Wildman–Crippen LogP) is 2.86. The molecule has 1 unspecified atom stereocenters. The van der Waals surface area contributed by atoms with Crippen LogP contribution in [-0.2, 0) is 13.0 Å². The van der Waals surface area contributed by atoms with E-state index in [1.165, 1.54) is 11.8 Å². The van der Waals surface area contributed by atoms with Crippen LogP contribution in [0, 0.1) is 0 Å². The summed E-state index contributed by atoms with van der Waals surface area (Å²) in [6.07, 6.45) is 2.20. The lowest BCUT2D eigenvalue weighted by molar-refractivity contribution is 0.0939. The minimum absolute atomic E-state index is 0.0352. The molecule has 1 aromatic heterocycles. The Balaban J connectivity index is 1.94. The van der Waals surface area contributed by atoms with Gasteiger partial charge in [-0.2, -0.15) is 0 Å². The molecule has 0 saturated carbocycles. The van der Waals surface area contributed by atoms with Crippen molar-refractivity contribution in [3.05, 3.63) is 58.0 Å². The maximum atomic E-state index is 12.0. The summed E-state index contributed by atoms with van der Waals surface area (Å²) in [5.41, 5.74) is 7.13. The molecule has 1 amide bonds. The van der Waals surface area contributed by atoms with E-state index in [1.807, 2.05) is 31.2 Å². The first-order chi connectivity index (χ1) is 9.58. The Morgan fingerprint density at radius 2 is 2.25 bits per heavy atom. The third-order valence-electron chi connectivity index (χ3n) is 2.93. The lowest BCUT2D eigenvalue weighted by Gasteiger charge is -2.13. The highest BCUT2D eigenvalue weighted by Crippen LogP contribution is 2.13. The molecule has 1 atom stereocenters. The SMILES string of the molecule is CC(Cc1cccc(Br)c1)NC(=O)c1coc(CN)c1. The van der Waals surface area contributed by atoms with Crippen LogP contribution in [0.2, 0.25) is 0 Å². The van der Waals surface area contributed by atoms with Crippen molar-refractivity contribution >= 4 is 21.8 Å². The van der Waals surface area contributed by atoms with Gasteiger partial charge in [0.2, 0.25) is 0 Å². The van der Waals surface area contributed by atoms with Gasteiger partial charge in [-0.1, -0.05) is 28.1 Å². The number of nitrogens with two attached hydrogens (primary N) is 1. The van der Waals surface area contributed by atoms with Gasteiger partial charge < -0.3 is 15.5 Å². The summed E-state index contributed by atoms with van der Waals surface area (Å²) in [5, 5.41) is 2.95. The fourth-order valence-electron chi connectivity index (χ4n) is 1.98. The third kappa shape index (κ3) is 3.95. The number of rotatable bonds is 5. The van der Waals surface area contributed by atoms with Gasteiger partial charge in [0.05, 0.1) is 12.1 Å². The second-order valence-electron chi connectivity index (χ2n) is 4.71. The molecule has 0 aliphatic heterocycles. The molecule has 3 N–H and O–H groups in total. The lowest BCUT2D eigenvalue weighted by atomic mass is 10.1. The van der Waals surface area contributed by atoms with Crippen molar-refractivity contribution in [2.45, 2.75) is 25.9 Å². The molecular formula is C15H17BrN2O2. The minimum atomic E-state index is -0.143. The van der Waals surface area contributed by atoms with Crippen LogP contribution < -0.4 is 11.1 Å². The molecule has 5 heteroatoms. The fourth-order valence-corrected chi connectivity index (χ4v) is 2.43. The van der Waals surface area contributed by atoms with Gasteiger partial charge in [-0.25, -0.2) is 0 Å². The number of nitrogens with one attached hydrogen (secondary N) is 1. The lowest BCUT2D eigenvalue weighted by Crippen LogP contribution is -2.33. The number of furan rings is 1. The molecule has 0 spiro atoms. The summed E-state index contributed by atoms with van der Waals surface area (Å²) < 4.78 is 6.20. The van der Waals surface area contributed by atoms with Crippen LogP contribution in [-0.4, -0.2) is 11.9 Å². The summed E-state index contributed by atoms with van der Waals surface area (Å²) in [6.45, 7) is 2.27. The van der Waals surface area contributed by atoms with Crippen molar-refractivity contribution in [1.82, 2.24) is 5.32 Å². The van der Waals surface area contributed by atoms with Gasteiger partial charge in [-0.3, -0.25) is 4.79 Å². The Morgan fingerprint density at radius 3 is 2.90 bits per heavy atom. The Kier molecular flexibility index (Phi) is 4.98. The normalized spacial score (nSPS) is 12.2. The summed E-state index contributed by atoms with van der Waals surface area (Å²) >= 11 is 3.44. The quantitative estimate of drug-likeness (QED) is 0.882. The monoisotopic (exact) mass is 336 g/mol. The Bertz CT molecular complexity index is 595. The first-order valence-corrected chi connectivity index (χ1v) is 7.20.